The number of carbonyl (C=O) groups excluding carboxylic acids is 1. The fourth-order valence-electron chi connectivity index (χ4n) is 4.35. The minimum atomic E-state index is -0.717. The van der Waals surface area contributed by atoms with Crippen LogP contribution in [-0.4, -0.2) is 34.2 Å². The van der Waals surface area contributed by atoms with Crippen molar-refractivity contribution in [1.29, 1.82) is 0 Å². The first kappa shape index (κ1) is 22.0. The van der Waals surface area contributed by atoms with Gasteiger partial charge < -0.3 is 14.7 Å². The molecule has 0 bridgehead atoms. The van der Waals surface area contributed by atoms with Gasteiger partial charge in [0.1, 0.15) is 11.4 Å². The molecule has 0 aliphatic carbocycles. The lowest BCUT2D eigenvalue weighted by Gasteiger charge is -2.43. The zero-order valence-electron chi connectivity index (χ0n) is 18.1. The van der Waals surface area contributed by atoms with Gasteiger partial charge >= 0.3 is 6.09 Å². The van der Waals surface area contributed by atoms with E-state index in [1.165, 1.54) is 12.3 Å². The van der Waals surface area contributed by atoms with Gasteiger partial charge in [0.25, 0.3) is 0 Å². The number of amides is 1. The second kappa shape index (κ2) is 9.49. The lowest BCUT2D eigenvalue weighted by atomic mass is 9.84. The highest BCUT2D eigenvalue weighted by molar-refractivity contribution is 5.70. The number of aliphatic hydroxyl groups is 1. The highest BCUT2D eigenvalue weighted by Crippen LogP contribution is 2.40. The van der Waals surface area contributed by atoms with E-state index in [1.807, 2.05) is 61.5 Å². The van der Waals surface area contributed by atoms with E-state index in [0.29, 0.717) is 31.4 Å². The summed E-state index contributed by atoms with van der Waals surface area (Å²) in [7, 11) is 0. The van der Waals surface area contributed by atoms with Crippen LogP contribution in [0.25, 0.3) is 11.1 Å². The normalized spacial score (nSPS) is 19.5. The van der Waals surface area contributed by atoms with Crippen molar-refractivity contribution in [3.05, 3.63) is 90.0 Å². The number of carbonyl (C=O) groups is 1. The predicted octanol–water partition coefficient (Wildman–Crippen LogP) is 5.46. The summed E-state index contributed by atoms with van der Waals surface area (Å²) in [6.45, 7) is 2.58. The molecule has 0 unspecified atom stereocenters. The largest absolute Gasteiger partial charge is 0.438 e. The summed E-state index contributed by atoms with van der Waals surface area (Å²) < 4.78 is 19.5. The predicted molar refractivity (Wildman–Crippen MR) is 120 cm³/mol. The van der Waals surface area contributed by atoms with Crippen LogP contribution in [-0.2, 0) is 10.3 Å². The number of pyridine rings is 1. The second-order valence-corrected chi connectivity index (χ2v) is 8.19. The molecule has 2 atom stereocenters. The molecule has 1 N–H and O–H groups in total. The molecule has 2 aromatic carbocycles. The van der Waals surface area contributed by atoms with Crippen LogP contribution in [0, 0.1) is 5.82 Å². The molecule has 166 valence electrons. The first-order valence-electron chi connectivity index (χ1n) is 10.9. The minimum absolute atomic E-state index is 0.0550. The number of aromatic nitrogens is 1. The summed E-state index contributed by atoms with van der Waals surface area (Å²) >= 11 is 0. The molecule has 6 heteroatoms. The zero-order chi connectivity index (χ0) is 22.6. The van der Waals surface area contributed by atoms with E-state index < -0.39 is 5.60 Å². The number of benzene rings is 2. The third kappa shape index (κ3) is 4.50. The maximum absolute atomic E-state index is 13.5. The third-order valence-electron chi connectivity index (χ3n) is 6.21. The Morgan fingerprint density at radius 3 is 2.53 bits per heavy atom. The number of cyclic esters (lactones) is 1. The van der Waals surface area contributed by atoms with Crippen LogP contribution >= 0.6 is 0 Å². The van der Waals surface area contributed by atoms with E-state index in [0.717, 1.165) is 16.7 Å². The van der Waals surface area contributed by atoms with Crippen molar-refractivity contribution in [3.63, 3.8) is 0 Å². The van der Waals surface area contributed by atoms with Crippen LogP contribution in [0.4, 0.5) is 9.18 Å². The van der Waals surface area contributed by atoms with Gasteiger partial charge in [-0.15, -0.1) is 0 Å². The summed E-state index contributed by atoms with van der Waals surface area (Å²) in [6, 6.07) is 18.8. The SMILES string of the molecule is C[C@@H](c1ccc(-c2cncc(F)c2)cc1)N1CC[C@@](CCCO)(c2ccccc2)OC1=O. The molecule has 1 amide bonds. The quantitative estimate of drug-likeness (QED) is 0.536. The van der Waals surface area contributed by atoms with Crippen LogP contribution in [0.15, 0.2) is 73.1 Å². The Hall–Kier alpha value is -3.25. The molecular formula is C26H27FN2O3. The van der Waals surface area contributed by atoms with E-state index in [2.05, 4.69) is 4.98 Å². The van der Waals surface area contributed by atoms with Gasteiger partial charge in [0, 0.05) is 31.3 Å². The lowest BCUT2D eigenvalue weighted by Crippen LogP contribution is -2.48. The lowest BCUT2D eigenvalue weighted by molar-refractivity contribution is -0.0680. The summed E-state index contributed by atoms with van der Waals surface area (Å²) in [4.78, 5) is 18.7. The molecule has 1 aliphatic heterocycles. The molecule has 1 aliphatic rings. The van der Waals surface area contributed by atoms with Gasteiger partial charge in [0.15, 0.2) is 0 Å². The number of ether oxygens (including phenoxy) is 1. The maximum Gasteiger partial charge on any atom is 0.411 e. The van der Waals surface area contributed by atoms with E-state index in [4.69, 9.17) is 4.74 Å². The Balaban J connectivity index is 1.51. The van der Waals surface area contributed by atoms with Gasteiger partial charge in [0.2, 0.25) is 0 Å². The van der Waals surface area contributed by atoms with Crippen molar-refractivity contribution in [2.45, 2.75) is 37.8 Å². The number of hydrogen-bond donors (Lipinski definition) is 1. The molecule has 1 fully saturated rings. The molecule has 1 aromatic heterocycles. The van der Waals surface area contributed by atoms with Crippen LogP contribution in [0.2, 0.25) is 0 Å². The van der Waals surface area contributed by atoms with Gasteiger partial charge in [0.05, 0.1) is 12.2 Å². The minimum Gasteiger partial charge on any atom is -0.438 e. The van der Waals surface area contributed by atoms with Gasteiger partial charge in [-0.2, -0.15) is 0 Å². The molecule has 2 heterocycles. The van der Waals surface area contributed by atoms with Gasteiger partial charge in [-0.25, -0.2) is 9.18 Å². The van der Waals surface area contributed by atoms with Gasteiger partial charge in [-0.05, 0) is 42.5 Å². The van der Waals surface area contributed by atoms with Gasteiger partial charge in [-0.1, -0.05) is 54.6 Å². The Morgan fingerprint density at radius 2 is 1.88 bits per heavy atom. The topological polar surface area (TPSA) is 62.7 Å². The van der Waals surface area contributed by atoms with E-state index >= 15 is 0 Å². The average Bonchev–Trinajstić information content (AvgIpc) is 2.83. The number of aliphatic hydroxyl groups excluding tert-OH is 1. The standard InChI is InChI=1S/C26H27FN2O3/c1-19(20-8-10-21(11-9-20)22-16-24(27)18-28-17-22)29-14-13-26(12-5-15-30,32-25(29)31)23-6-3-2-4-7-23/h2-4,6-11,16-19,30H,5,12-15H2,1H3/t19-,26-/m0/s1. The summed E-state index contributed by atoms with van der Waals surface area (Å²) in [5.41, 5.74) is 2.78. The number of nitrogens with zero attached hydrogens (tertiary/aromatic N) is 2. The van der Waals surface area contributed by atoms with Crippen molar-refractivity contribution in [3.8, 4) is 11.1 Å². The van der Waals surface area contributed by atoms with Crippen LogP contribution in [0.1, 0.15) is 43.4 Å². The number of halogens is 1. The molecule has 1 saturated heterocycles. The Labute approximate surface area is 187 Å². The van der Waals surface area contributed by atoms with Crippen molar-refractivity contribution in [1.82, 2.24) is 9.88 Å². The third-order valence-corrected chi connectivity index (χ3v) is 6.21. The zero-order valence-corrected chi connectivity index (χ0v) is 18.1. The molecule has 0 spiro atoms. The fourth-order valence-corrected chi connectivity index (χ4v) is 4.35. The van der Waals surface area contributed by atoms with E-state index in [-0.39, 0.29) is 24.6 Å². The smallest absolute Gasteiger partial charge is 0.411 e. The first-order valence-corrected chi connectivity index (χ1v) is 10.9. The summed E-state index contributed by atoms with van der Waals surface area (Å²) in [6.07, 6.45) is 4.24. The van der Waals surface area contributed by atoms with Crippen molar-refractivity contribution in [2.75, 3.05) is 13.2 Å². The average molecular weight is 435 g/mol. The summed E-state index contributed by atoms with van der Waals surface area (Å²) in [5.74, 6) is -0.376. The Morgan fingerprint density at radius 1 is 1.12 bits per heavy atom. The van der Waals surface area contributed by atoms with Crippen LogP contribution in [0.3, 0.4) is 0 Å². The van der Waals surface area contributed by atoms with Crippen LogP contribution < -0.4 is 0 Å². The second-order valence-electron chi connectivity index (χ2n) is 8.19. The van der Waals surface area contributed by atoms with Gasteiger partial charge in [-0.3, -0.25) is 4.98 Å². The molecule has 3 aromatic rings. The number of rotatable bonds is 7. The van der Waals surface area contributed by atoms with Crippen molar-refractivity contribution >= 4 is 6.09 Å². The van der Waals surface area contributed by atoms with Crippen LogP contribution in [0.5, 0.6) is 0 Å². The highest BCUT2D eigenvalue weighted by Gasteiger charge is 2.43. The Bertz CT molecular complexity index is 1060. The van der Waals surface area contributed by atoms with Crippen molar-refractivity contribution < 1.29 is 19.0 Å². The fraction of sp³-hybridized carbons (Fsp3) is 0.308. The molecule has 32 heavy (non-hydrogen) atoms. The monoisotopic (exact) mass is 434 g/mol. The highest BCUT2D eigenvalue weighted by atomic mass is 19.1. The first-order chi connectivity index (χ1) is 15.5. The Kier molecular flexibility index (Phi) is 6.51. The molecule has 4 rings (SSSR count). The van der Waals surface area contributed by atoms with E-state index in [9.17, 15) is 14.3 Å². The van der Waals surface area contributed by atoms with E-state index in [1.54, 1.807) is 11.1 Å². The molecular weight excluding hydrogens is 407 g/mol. The molecule has 0 saturated carbocycles. The maximum atomic E-state index is 13.5. The summed E-state index contributed by atoms with van der Waals surface area (Å²) in [5, 5.41) is 9.36. The molecule has 5 nitrogen and oxygen atoms in total. The molecule has 0 radical (unpaired) electrons. The van der Waals surface area contributed by atoms with Crippen molar-refractivity contribution in [2.24, 2.45) is 0 Å². The number of hydrogen-bond acceptors (Lipinski definition) is 4.